The third-order valence-corrected chi connectivity index (χ3v) is 4.76. The fourth-order valence-electron chi connectivity index (χ4n) is 2.57. The summed E-state index contributed by atoms with van der Waals surface area (Å²) in [6, 6.07) is 1.93. The Hall–Kier alpha value is -1.67. The second kappa shape index (κ2) is 5.98. The highest BCUT2D eigenvalue weighted by atomic mass is 32.1. The molecule has 8 heteroatoms. The highest BCUT2D eigenvalue weighted by Gasteiger charge is 2.24. The average molecular weight is 308 g/mol. The molecule has 7 nitrogen and oxygen atoms in total. The number of H-pyrrole nitrogens is 1. The molecule has 3 rings (SSSR count). The number of nitrogens with zero attached hydrogens (tertiary/aromatic N) is 4. The summed E-state index contributed by atoms with van der Waals surface area (Å²) in [7, 11) is 1.67. The molecule has 0 aliphatic carbocycles. The number of aromatic amines is 1. The van der Waals surface area contributed by atoms with E-state index in [2.05, 4.69) is 24.5 Å². The molecule has 0 radical (unpaired) electrons. The van der Waals surface area contributed by atoms with Crippen LogP contribution in [-0.2, 0) is 4.74 Å². The summed E-state index contributed by atoms with van der Waals surface area (Å²) in [4.78, 5) is 6.87. The van der Waals surface area contributed by atoms with Crippen LogP contribution in [0.5, 0.6) is 0 Å². The molecule has 0 unspecified atom stereocenters. The zero-order valence-electron chi connectivity index (χ0n) is 12.2. The van der Waals surface area contributed by atoms with Crippen LogP contribution in [0.2, 0.25) is 0 Å². The Morgan fingerprint density at radius 3 is 2.86 bits per heavy atom. The minimum atomic E-state index is -0.0551. The van der Waals surface area contributed by atoms with Crippen LogP contribution in [0.4, 0.5) is 10.9 Å². The van der Waals surface area contributed by atoms with E-state index in [-0.39, 0.29) is 6.10 Å². The Bertz CT molecular complexity index is 589. The van der Waals surface area contributed by atoms with E-state index in [9.17, 15) is 0 Å². The average Bonchev–Trinajstić information content (AvgIpc) is 3.16. The first-order chi connectivity index (χ1) is 10.2. The van der Waals surface area contributed by atoms with Crippen LogP contribution in [0.1, 0.15) is 43.3 Å². The van der Waals surface area contributed by atoms with Crippen LogP contribution in [0, 0.1) is 0 Å². The van der Waals surface area contributed by atoms with Crippen LogP contribution in [0.15, 0.2) is 6.07 Å². The molecule has 1 fully saturated rings. The third-order valence-electron chi connectivity index (χ3n) is 3.97. The summed E-state index contributed by atoms with van der Waals surface area (Å²) in [6.07, 6.45) is 2.08. The Balaban J connectivity index is 1.61. The largest absolute Gasteiger partial charge is 0.382 e. The first-order valence-electron chi connectivity index (χ1n) is 7.09. The maximum Gasteiger partial charge on any atom is 0.205 e. The van der Waals surface area contributed by atoms with Crippen molar-refractivity contribution >= 4 is 22.5 Å². The maximum atomic E-state index is 5.67. The summed E-state index contributed by atoms with van der Waals surface area (Å²) >= 11 is 1.45. The van der Waals surface area contributed by atoms with Crippen molar-refractivity contribution in [1.82, 2.24) is 19.6 Å². The van der Waals surface area contributed by atoms with Gasteiger partial charge in [-0.1, -0.05) is 0 Å². The molecule has 1 atom stereocenters. The number of nitrogens with two attached hydrogens (primary N) is 1. The Morgan fingerprint density at radius 2 is 2.24 bits per heavy atom. The molecule has 0 amide bonds. The van der Waals surface area contributed by atoms with Crippen molar-refractivity contribution in [3.63, 3.8) is 0 Å². The SMILES string of the molecule is CO[C@@H](C)c1nsc(N2CCC(c3cc(N)n[nH]3)CC2)n1. The zero-order valence-corrected chi connectivity index (χ0v) is 13.1. The number of methoxy groups -OCH3 is 1. The smallest absolute Gasteiger partial charge is 0.205 e. The predicted molar refractivity (Wildman–Crippen MR) is 82.5 cm³/mol. The van der Waals surface area contributed by atoms with E-state index >= 15 is 0 Å². The van der Waals surface area contributed by atoms with Gasteiger partial charge in [-0.05, 0) is 19.8 Å². The number of aromatic nitrogens is 4. The molecule has 0 spiro atoms. The van der Waals surface area contributed by atoms with E-state index in [1.165, 1.54) is 11.5 Å². The standard InChI is InChI=1S/C13H20N6OS/c1-8(20-2)12-15-13(21-18-12)19-5-3-9(4-6-19)10-7-11(14)17-16-10/h7-9H,3-6H2,1-2H3,(H3,14,16,17)/t8-/m0/s1. The summed E-state index contributed by atoms with van der Waals surface area (Å²) < 4.78 is 9.63. The summed E-state index contributed by atoms with van der Waals surface area (Å²) in [5.74, 6) is 1.83. The molecule has 21 heavy (non-hydrogen) atoms. The molecule has 1 saturated heterocycles. The van der Waals surface area contributed by atoms with E-state index < -0.39 is 0 Å². The number of nitrogens with one attached hydrogen (secondary N) is 1. The monoisotopic (exact) mass is 308 g/mol. The molecule has 3 heterocycles. The number of hydrogen-bond acceptors (Lipinski definition) is 7. The molecule has 114 valence electrons. The Labute approximate surface area is 127 Å². The number of piperidine rings is 1. The number of anilines is 2. The Kier molecular flexibility index (Phi) is 4.07. The van der Waals surface area contributed by atoms with Crippen LogP contribution in [0.3, 0.4) is 0 Å². The van der Waals surface area contributed by atoms with Gasteiger partial charge in [0.1, 0.15) is 11.9 Å². The van der Waals surface area contributed by atoms with Gasteiger partial charge in [-0.3, -0.25) is 5.10 Å². The van der Waals surface area contributed by atoms with Gasteiger partial charge in [0.25, 0.3) is 0 Å². The topological polar surface area (TPSA) is 93.0 Å². The highest BCUT2D eigenvalue weighted by molar-refractivity contribution is 7.09. The number of ether oxygens (including phenoxy) is 1. The van der Waals surface area contributed by atoms with Crippen molar-refractivity contribution in [2.45, 2.75) is 31.8 Å². The zero-order chi connectivity index (χ0) is 14.8. The van der Waals surface area contributed by atoms with E-state index in [0.29, 0.717) is 11.7 Å². The minimum absolute atomic E-state index is 0.0551. The Morgan fingerprint density at radius 1 is 1.48 bits per heavy atom. The molecule has 1 aliphatic rings. The van der Waals surface area contributed by atoms with Gasteiger partial charge in [0.05, 0.1) is 0 Å². The van der Waals surface area contributed by atoms with Gasteiger partial charge in [0.2, 0.25) is 5.13 Å². The first-order valence-corrected chi connectivity index (χ1v) is 7.87. The fourth-order valence-corrected chi connectivity index (χ4v) is 3.37. The summed E-state index contributed by atoms with van der Waals surface area (Å²) in [5.41, 5.74) is 6.80. The minimum Gasteiger partial charge on any atom is -0.382 e. The molecule has 1 aliphatic heterocycles. The van der Waals surface area contributed by atoms with E-state index in [4.69, 9.17) is 10.5 Å². The van der Waals surface area contributed by atoms with Gasteiger partial charge in [0.15, 0.2) is 5.82 Å². The van der Waals surface area contributed by atoms with Crippen LogP contribution in [0.25, 0.3) is 0 Å². The van der Waals surface area contributed by atoms with Gasteiger partial charge in [-0.2, -0.15) is 9.47 Å². The normalized spacial score (nSPS) is 18.1. The maximum absolute atomic E-state index is 5.67. The molecule has 0 aromatic carbocycles. The van der Waals surface area contributed by atoms with Crippen LogP contribution in [-0.4, -0.2) is 39.8 Å². The first kappa shape index (κ1) is 14.3. The second-order valence-electron chi connectivity index (χ2n) is 5.32. The van der Waals surface area contributed by atoms with Gasteiger partial charge in [-0.25, -0.2) is 4.98 Å². The lowest BCUT2D eigenvalue weighted by Crippen LogP contribution is -2.32. The van der Waals surface area contributed by atoms with Gasteiger partial charge in [0, 0.05) is 49.4 Å². The van der Waals surface area contributed by atoms with Crippen molar-refractivity contribution in [3.8, 4) is 0 Å². The lowest BCUT2D eigenvalue weighted by atomic mass is 9.94. The number of nitrogen functional groups attached to an aromatic ring is 1. The van der Waals surface area contributed by atoms with Gasteiger partial charge in [-0.15, -0.1) is 0 Å². The van der Waals surface area contributed by atoms with Crippen molar-refractivity contribution in [1.29, 1.82) is 0 Å². The molecule has 0 saturated carbocycles. The van der Waals surface area contributed by atoms with E-state index in [0.717, 1.165) is 42.6 Å². The van der Waals surface area contributed by atoms with E-state index in [1.807, 2.05) is 13.0 Å². The summed E-state index contributed by atoms with van der Waals surface area (Å²) in [6.45, 7) is 3.90. The summed E-state index contributed by atoms with van der Waals surface area (Å²) in [5, 5.41) is 8.01. The quantitative estimate of drug-likeness (QED) is 0.896. The molecule has 0 bridgehead atoms. The van der Waals surface area contributed by atoms with Crippen LogP contribution < -0.4 is 10.6 Å². The van der Waals surface area contributed by atoms with E-state index in [1.54, 1.807) is 7.11 Å². The number of rotatable bonds is 4. The van der Waals surface area contributed by atoms with Crippen LogP contribution >= 0.6 is 11.5 Å². The molecule has 2 aromatic rings. The fraction of sp³-hybridized carbons (Fsp3) is 0.615. The highest BCUT2D eigenvalue weighted by Crippen LogP contribution is 2.31. The molecule has 3 N–H and O–H groups in total. The lowest BCUT2D eigenvalue weighted by molar-refractivity contribution is 0.113. The lowest BCUT2D eigenvalue weighted by Gasteiger charge is -2.30. The second-order valence-corrected chi connectivity index (χ2v) is 6.05. The molecular formula is C13H20N6OS. The van der Waals surface area contributed by atoms with Crippen molar-refractivity contribution in [3.05, 3.63) is 17.6 Å². The van der Waals surface area contributed by atoms with Crippen molar-refractivity contribution in [2.75, 3.05) is 30.8 Å². The van der Waals surface area contributed by atoms with Crippen molar-refractivity contribution in [2.24, 2.45) is 0 Å². The third kappa shape index (κ3) is 3.01. The molecule has 2 aromatic heterocycles. The molecular weight excluding hydrogens is 288 g/mol. The van der Waals surface area contributed by atoms with Gasteiger partial charge >= 0.3 is 0 Å². The number of hydrogen-bond donors (Lipinski definition) is 2. The van der Waals surface area contributed by atoms with Gasteiger partial charge < -0.3 is 15.4 Å². The van der Waals surface area contributed by atoms with Crippen molar-refractivity contribution < 1.29 is 4.74 Å². The predicted octanol–water partition coefficient (Wildman–Crippen LogP) is 1.93.